The van der Waals surface area contributed by atoms with Crippen molar-refractivity contribution >= 4 is 23.4 Å². The maximum atomic E-state index is 13.7. The minimum Gasteiger partial charge on any atom is -0.467 e. The first kappa shape index (κ1) is 15.4. The lowest BCUT2D eigenvalue weighted by molar-refractivity contribution is -0.120. The highest BCUT2D eigenvalue weighted by Gasteiger charge is 2.19. The van der Waals surface area contributed by atoms with Gasteiger partial charge >= 0.3 is 0 Å². The number of hydrogen-bond donors (Lipinski definition) is 2. The van der Waals surface area contributed by atoms with E-state index in [1.54, 1.807) is 19.1 Å². The van der Waals surface area contributed by atoms with Crippen LogP contribution in [0, 0.1) is 11.6 Å². The van der Waals surface area contributed by atoms with Gasteiger partial charge < -0.3 is 15.5 Å². The lowest BCUT2D eigenvalue weighted by Crippen LogP contribution is -2.30. The van der Waals surface area contributed by atoms with Gasteiger partial charge in [0, 0.05) is 5.69 Å². The van der Waals surface area contributed by atoms with Crippen LogP contribution < -0.4 is 11.1 Å². The molecule has 1 unspecified atom stereocenters. The molecule has 2 rings (SSSR count). The molecule has 1 atom stereocenters. The largest absolute Gasteiger partial charge is 0.467 e. The summed E-state index contributed by atoms with van der Waals surface area (Å²) in [5.41, 5.74) is 5.35. The molecule has 0 saturated heterocycles. The number of halogens is 2. The van der Waals surface area contributed by atoms with E-state index in [1.807, 2.05) is 0 Å². The molecule has 1 aromatic carbocycles. The van der Waals surface area contributed by atoms with Crippen LogP contribution in [0.25, 0.3) is 0 Å². The number of nitrogens with two attached hydrogens (primary N) is 1. The Hall–Kier alpha value is -2.02. The molecule has 0 aliphatic rings. The third kappa shape index (κ3) is 3.98. The smallest absolute Gasteiger partial charge is 0.233 e. The Morgan fingerprint density at radius 1 is 1.43 bits per heavy atom. The molecule has 21 heavy (non-hydrogen) atoms. The first-order valence-corrected chi connectivity index (χ1v) is 7.06. The third-order valence-corrected chi connectivity index (χ3v) is 3.89. The van der Waals surface area contributed by atoms with Gasteiger partial charge in [0.2, 0.25) is 5.91 Å². The Morgan fingerprint density at radius 3 is 2.67 bits per heavy atom. The van der Waals surface area contributed by atoms with Crippen LogP contribution in [0.5, 0.6) is 0 Å². The molecule has 0 aliphatic carbocycles. The monoisotopic (exact) mass is 312 g/mol. The summed E-state index contributed by atoms with van der Waals surface area (Å²) in [6, 6.07) is 5.48. The molecule has 0 bridgehead atoms. The lowest BCUT2D eigenvalue weighted by Gasteiger charge is -2.12. The molecule has 0 aliphatic heterocycles. The average molecular weight is 312 g/mol. The predicted octanol–water partition coefficient (Wildman–Crippen LogP) is 2.94. The molecular formula is C14H14F2N2O2S. The van der Waals surface area contributed by atoms with Crippen molar-refractivity contribution < 1.29 is 18.0 Å². The van der Waals surface area contributed by atoms with Crippen molar-refractivity contribution in [2.45, 2.75) is 23.6 Å². The molecule has 0 saturated carbocycles. The minimum atomic E-state index is -0.775. The Kier molecular flexibility index (Phi) is 4.85. The van der Waals surface area contributed by atoms with E-state index >= 15 is 0 Å². The molecule has 7 heteroatoms. The second-order valence-electron chi connectivity index (χ2n) is 4.37. The number of nitrogen functional groups attached to an aromatic ring is 1. The van der Waals surface area contributed by atoms with Gasteiger partial charge in [0.05, 0.1) is 23.0 Å². The predicted molar refractivity (Wildman–Crippen MR) is 76.6 cm³/mol. The topological polar surface area (TPSA) is 68.3 Å². The fraction of sp³-hybridized carbons (Fsp3) is 0.214. The summed E-state index contributed by atoms with van der Waals surface area (Å²) in [6.45, 7) is 1.79. The Morgan fingerprint density at radius 2 is 2.10 bits per heavy atom. The quantitative estimate of drug-likeness (QED) is 0.658. The van der Waals surface area contributed by atoms with Crippen LogP contribution in [0.1, 0.15) is 12.7 Å². The van der Waals surface area contributed by atoms with E-state index in [0.29, 0.717) is 5.76 Å². The molecule has 4 nitrogen and oxygen atoms in total. The van der Waals surface area contributed by atoms with Crippen LogP contribution in [0.2, 0.25) is 0 Å². The fourth-order valence-electron chi connectivity index (χ4n) is 1.65. The van der Waals surface area contributed by atoms with Crippen molar-refractivity contribution in [2.75, 3.05) is 5.73 Å². The number of thioether (sulfide) groups is 1. The van der Waals surface area contributed by atoms with Crippen LogP contribution in [0.4, 0.5) is 14.5 Å². The average Bonchev–Trinajstić information content (AvgIpc) is 2.93. The summed E-state index contributed by atoms with van der Waals surface area (Å²) in [5.74, 6) is -1.29. The summed E-state index contributed by atoms with van der Waals surface area (Å²) < 4.78 is 32.4. The zero-order valence-electron chi connectivity index (χ0n) is 11.2. The van der Waals surface area contributed by atoms with Gasteiger partial charge in [-0.15, -0.1) is 11.8 Å². The van der Waals surface area contributed by atoms with E-state index in [1.165, 1.54) is 6.26 Å². The summed E-state index contributed by atoms with van der Waals surface area (Å²) in [5, 5.41) is 1.97. The summed E-state index contributed by atoms with van der Waals surface area (Å²) in [4.78, 5) is 11.7. The standard InChI is InChI=1S/C14H14F2N2O2S/c1-8(14(19)18-7-10-3-2-4-20-10)21-13-11(15)5-9(17)6-12(13)16/h2-6,8H,7,17H2,1H3,(H,18,19). The number of hydrogen-bond acceptors (Lipinski definition) is 4. The van der Waals surface area contributed by atoms with Crippen LogP contribution in [-0.4, -0.2) is 11.2 Å². The summed E-state index contributed by atoms with van der Waals surface area (Å²) >= 11 is 0.803. The molecular weight excluding hydrogens is 298 g/mol. The van der Waals surface area contributed by atoms with Crippen molar-refractivity contribution in [1.82, 2.24) is 5.32 Å². The lowest BCUT2D eigenvalue weighted by atomic mass is 10.3. The highest BCUT2D eigenvalue weighted by Crippen LogP contribution is 2.30. The van der Waals surface area contributed by atoms with Gasteiger partial charge in [-0.3, -0.25) is 4.79 Å². The van der Waals surface area contributed by atoms with Crippen molar-refractivity contribution in [3.63, 3.8) is 0 Å². The van der Waals surface area contributed by atoms with Crippen molar-refractivity contribution in [1.29, 1.82) is 0 Å². The zero-order chi connectivity index (χ0) is 15.4. The molecule has 1 heterocycles. The number of rotatable bonds is 5. The zero-order valence-corrected chi connectivity index (χ0v) is 12.0. The number of furan rings is 1. The number of nitrogens with one attached hydrogen (secondary N) is 1. The molecule has 2 aromatic rings. The first-order valence-electron chi connectivity index (χ1n) is 6.18. The Labute approximate surface area is 124 Å². The van der Waals surface area contributed by atoms with Crippen molar-refractivity contribution in [3.8, 4) is 0 Å². The van der Waals surface area contributed by atoms with E-state index < -0.39 is 16.9 Å². The van der Waals surface area contributed by atoms with Gasteiger partial charge in [-0.25, -0.2) is 8.78 Å². The maximum absolute atomic E-state index is 13.7. The molecule has 3 N–H and O–H groups in total. The van der Waals surface area contributed by atoms with E-state index in [-0.39, 0.29) is 23.0 Å². The number of amides is 1. The maximum Gasteiger partial charge on any atom is 0.233 e. The Bertz CT molecular complexity index is 609. The Balaban J connectivity index is 1.97. The van der Waals surface area contributed by atoms with Crippen LogP contribution in [0.3, 0.4) is 0 Å². The number of benzene rings is 1. The number of carbonyl (C=O) groups excluding carboxylic acids is 1. The summed E-state index contributed by atoms with van der Waals surface area (Å²) in [6.07, 6.45) is 1.50. The first-order chi connectivity index (χ1) is 9.97. The van der Waals surface area contributed by atoms with Gasteiger partial charge in [-0.05, 0) is 31.2 Å². The van der Waals surface area contributed by atoms with E-state index in [0.717, 1.165) is 23.9 Å². The minimum absolute atomic E-state index is 0.00396. The SMILES string of the molecule is CC(Sc1c(F)cc(N)cc1F)C(=O)NCc1ccco1. The summed E-state index contributed by atoms with van der Waals surface area (Å²) in [7, 11) is 0. The molecule has 1 aromatic heterocycles. The molecule has 0 fully saturated rings. The van der Waals surface area contributed by atoms with Gasteiger partial charge in [0.15, 0.2) is 0 Å². The van der Waals surface area contributed by atoms with Crippen LogP contribution >= 0.6 is 11.8 Å². The van der Waals surface area contributed by atoms with Crippen molar-refractivity contribution in [3.05, 3.63) is 47.9 Å². The van der Waals surface area contributed by atoms with E-state index in [9.17, 15) is 13.6 Å². The van der Waals surface area contributed by atoms with Crippen LogP contribution in [0.15, 0.2) is 39.8 Å². The highest BCUT2D eigenvalue weighted by molar-refractivity contribution is 8.00. The molecule has 112 valence electrons. The van der Waals surface area contributed by atoms with Gasteiger partial charge in [0.1, 0.15) is 17.4 Å². The molecule has 1 amide bonds. The fourth-order valence-corrected chi connectivity index (χ4v) is 2.54. The van der Waals surface area contributed by atoms with Crippen molar-refractivity contribution in [2.24, 2.45) is 0 Å². The number of anilines is 1. The second kappa shape index (κ2) is 6.62. The normalized spacial score (nSPS) is 12.1. The van der Waals surface area contributed by atoms with E-state index in [2.05, 4.69) is 5.32 Å². The van der Waals surface area contributed by atoms with E-state index in [4.69, 9.17) is 10.2 Å². The highest BCUT2D eigenvalue weighted by atomic mass is 32.2. The second-order valence-corrected chi connectivity index (χ2v) is 5.72. The molecule has 0 spiro atoms. The molecule has 0 radical (unpaired) electrons. The van der Waals surface area contributed by atoms with Gasteiger partial charge in [-0.2, -0.15) is 0 Å². The van der Waals surface area contributed by atoms with Gasteiger partial charge in [0.25, 0.3) is 0 Å². The number of carbonyl (C=O) groups is 1. The third-order valence-electron chi connectivity index (χ3n) is 2.70. The van der Waals surface area contributed by atoms with Gasteiger partial charge in [-0.1, -0.05) is 0 Å². The van der Waals surface area contributed by atoms with Crippen LogP contribution in [-0.2, 0) is 11.3 Å².